The summed E-state index contributed by atoms with van der Waals surface area (Å²) in [6.07, 6.45) is 1.76. The highest BCUT2D eigenvalue weighted by Gasteiger charge is 2.18. The SMILES string of the molecule is COc1ccc(CCNC(=O)CCc2c(C)nc3c(c(C)nn3-c3ccccc3)c2C)cc1OC. The predicted octanol–water partition coefficient (Wildman–Crippen LogP) is 4.65. The molecule has 0 aliphatic rings. The van der Waals surface area contributed by atoms with Gasteiger partial charge in [0.2, 0.25) is 5.91 Å². The molecule has 0 saturated heterocycles. The third kappa shape index (κ3) is 5.14. The third-order valence-corrected chi connectivity index (χ3v) is 6.36. The second-order valence-corrected chi connectivity index (χ2v) is 8.62. The molecule has 35 heavy (non-hydrogen) atoms. The summed E-state index contributed by atoms with van der Waals surface area (Å²) in [4.78, 5) is 17.5. The predicted molar refractivity (Wildman–Crippen MR) is 138 cm³/mol. The van der Waals surface area contributed by atoms with Crippen LogP contribution in [0.1, 0.15) is 34.5 Å². The van der Waals surface area contributed by atoms with Crippen LogP contribution >= 0.6 is 0 Å². The lowest BCUT2D eigenvalue weighted by molar-refractivity contribution is -0.121. The Kier molecular flexibility index (Phi) is 7.34. The average molecular weight is 473 g/mol. The molecular formula is C28H32N4O3. The van der Waals surface area contributed by atoms with Crippen LogP contribution in [-0.4, -0.2) is 41.4 Å². The minimum Gasteiger partial charge on any atom is -0.493 e. The summed E-state index contributed by atoms with van der Waals surface area (Å²) in [7, 11) is 3.23. The topological polar surface area (TPSA) is 78.3 Å². The molecule has 182 valence electrons. The lowest BCUT2D eigenvalue weighted by Crippen LogP contribution is -2.26. The van der Waals surface area contributed by atoms with E-state index in [2.05, 4.69) is 12.2 Å². The Labute approximate surface area is 206 Å². The van der Waals surface area contributed by atoms with Crippen LogP contribution in [0.5, 0.6) is 11.5 Å². The maximum atomic E-state index is 12.6. The first-order valence-corrected chi connectivity index (χ1v) is 11.8. The highest BCUT2D eigenvalue weighted by atomic mass is 16.5. The van der Waals surface area contributed by atoms with Crippen molar-refractivity contribution in [3.05, 3.63) is 76.6 Å². The molecule has 0 fully saturated rings. The highest BCUT2D eigenvalue weighted by Crippen LogP contribution is 2.29. The molecule has 1 amide bonds. The molecular weight excluding hydrogens is 440 g/mol. The monoisotopic (exact) mass is 472 g/mol. The first-order chi connectivity index (χ1) is 16.9. The highest BCUT2D eigenvalue weighted by molar-refractivity contribution is 5.85. The maximum absolute atomic E-state index is 12.6. The summed E-state index contributed by atoms with van der Waals surface area (Å²) < 4.78 is 12.5. The minimum absolute atomic E-state index is 0.0288. The van der Waals surface area contributed by atoms with Gasteiger partial charge in [-0.1, -0.05) is 24.3 Å². The largest absolute Gasteiger partial charge is 0.493 e. The van der Waals surface area contributed by atoms with Gasteiger partial charge in [-0.3, -0.25) is 4.79 Å². The Morgan fingerprint density at radius 1 is 0.943 bits per heavy atom. The smallest absolute Gasteiger partial charge is 0.220 e. The van der Waals surface area contributed by atoms with Gasteiger partial charge >= 0.3 is 0 Å². The van der Waals surface area contributed by atoms with Gasteiger partial charge < -0.3 is 14.8 Å². The minimum atomic E-state index is 0.0288. The van der Waals surface area contributed by atoms with E-state index in [1.54, 1.807) is 14.2 Å². The van der Waals surface area contributed by atoms with Crippen LogP contribution in [0, 0.1) is 20.8 Å². The number of para-hydroxylation sites is 1. The number of carbonyl (C=O) groups excluding carboxylic acids is 1. The van der Waals surface area contributed by atoms with E-state index < -0.39 is 0 Å². The van der Waals surface area contributed by atoms with Crippen molar-refractivity contribution in [1.82, 2.24) is 20.1 Å². The zero-order valence-electron chi connectivity index (χ0n) is 21.0. The standard InChI is InChI=1S/C28H32N4O3/c1-18-23(12-14-26(33)29-16-15-21-11-13-24(34-4)25(17-21)35-5)19(2)30-28-27(18)20(3)31-32(28)22-9-7-6-8-10-22/h6-11,13,17H,12,14-16H2,1-5H3,(H,29,33). The first-order valence-electron chi connectivity index (χ1n) is 11.8. The summed E-state index contributed by atoms with van der Waals surface area (Å²) in [5.41, 5.74) is 7.05. The molecule has 0 unspecified atom stereocenters. The Bertz CT molecular complexity index is 1350. The molecule has 7 heteroatoms. The van der Waals surface area contributed by atoms with Crippen LogP contribution in [0.2, 0.25) is 0 Å². The van der Waals surface area contributed by atoms with E-state index >= 15 is 0 Å². The van der Waals surface area contributed by atoms with E-state index in [-0.39, 0.29) is 5.91 Å². The number of rotatable bonds is 9. The van der Waals surface area contributed by atoms with Gasteiger partial charge in [-0.2, -0.15) is 5.10 Å². The molecule has 1 N–H and O–H groups in total. The summed E-state index contributed by atoms with van der Waals surface area (Å²) >= 11 is 0. The maximum Gasteiger partial charge on any atom is 0.220 e. The van der Waals surface area contributed by atoms with Crippen LogP contribution < -0.4 is 14.8 Å². The number of fused-ring (bicyclic) bond motifs is 1. The Balaban J connectivity index is 1.42. The zero-order valence-corrected chi connectivity index (χ0v) is 21.0. The number of pyridine rings is 1. The number of amides is 1. The first kappa shape index (κ1) is 24.3. The fourth-order valence-corrected chi connectivity index (χ4v) is 4.53. The van der Waals surface area contributed by atoms with E-state index in [1.807, 2.05) is 67.1 Å². The molecule has 2 aromatic heterocycles. The molecule has 2 aromatic carbocycles. The molecule has 0 bridgehead atoms. The average Bonchev–Trinajstić information content (AvgIpc) is 3.20. The molecule has 7 nitrogen and oxygen atoms in total. The lowest BCUT2D eigenvalue weighted by Gasteiger charge is -2.12. The molecule has 0 spiro atoms. The van der Waals surface area contributed by atoms with Crippen molar-refractivity contribution in [3.63, 3.8) is 0 Å². The van der Waals surface area contributed by atoms with Crippen molar-refractivity contribution in [1.29, 1.82) is 0 Å². The van der Waals surface area contributed by atoms with E-state index in [9.17, 15) is 4.79 Å². The van der Waals surface area contributed by atoms with E-state index in [4.69, 9.17) is 19.6 Å². The molecule has 0 aliphatic heterocycles. The number of benzene rings is 2. The van der Waals surface area contributed by atoms with Gasteiger partial charge in [0.15, 0.2) is 17.1 Å². The van der Waals surface area contributed by atoms with Gasteiger partial charge in [0, 0.05) is 24.0 Å². The molecule has 2 heterocycles. The summed E-state index contributed by atoms with van der Waals surface area (Å²) in [6.45, 7) is 6.68. The summed E-state index contributed by atoms with van der Waals surface area (Å²) in [5, 5.41) is 8.84. The number of methoxy groups -OCH3 is 2. The molecule has 4 rings (SSSR count). The number of aromatic nitrogens is 3. The van der Waals surface area contributed by atoms with Gasteiger partial charge in [0.1, 0.15) is 0 Å². The van der Waals surface area contributed by atoms with Crippen LogP contribution in [-0.2, 0) is 17.6 Å². The number of hydrogen-bond donors (Lipinski definition) is 1. The van der Waals surface area contributed by atoms with Crippen molar-refractivity contribution in [2.24, 2.45) is 0 Å². The van der Waals surface area contributed by atoms with Crippen molar-refractivity contribution in [3.8, 4) is 17.2 Å². The number of hydrogen-bond acceptors (Lipinski definition) is 5. The van der Waals surface area contributed by atoms with Crippen LogP contribution in [0.25, 0.3) is 16.7 Å². The Morgan fingerprint density at radius 3 is 2.40 bits per heavy atom. The molecule has 0 radical (unpaired) electrons. The van der Waals surface area contributed by atoms with Gasteiger partial charge in [-0.15, -0.1) is 0 Å². The van der Waals surface area contributed by atoms with Gasteiger partial charge in [-0.25, -0.2) is 9.67 Å². The Morgan fingerprint density at radius 2 is 1.69 bits per heavy atom. The number of carbonyl (C=O) groups is 1. The lowest BCUT2D eigenvalue weighted by atomic mass is 9.99. The summed E-state index contributed by atoms with van der Waals surface area (Å²) in [5.74, 6) is 1.42. The Hall–Kier alpha value is -3.87. The number of nitrogens with zero attached hydrogens (tertiary/aromatic N) is 3. The second kappa shape index (κ2) is 10.6. The zero-order chi connectivity index (χ0) is 24.9. The fourth-order valence-electron chi connectivity index (χ4n) is 4.53. The number of nitrogens with one attached hydrogen (secondary N) is 1. The van der Waals surface area contributed by atoms with Crippen molar-refractivity contribution < 1.29 is 14.3 Å². The summed E-state index contributed by atoms with van der Waals surface area (Å²) in [6, 6.07) is 15.8. The van der Waals surface area contributed by atoms with Gasteiger partial charge in [0.25, 0.3) is 0 Å². The number of ether oxygens (including phenoxy) is 2. The van der Waals surface area contributed by atoms with Crippen LogP contribution in [0.4, 0.5) is 0 Å². The van der Waals surface area contributed by atoms with Crippen molar-refractivity contribution in [2.45, 2.75) is 40.0 Å². The van der Waals surface area contributed by atoms with Crippen LogP contribution in [0.15, 0.2) is 48.5 Å². The van der Waals surface area contributed by atoms with Crippen molar-refractivity contribution in [2.75, 3.05) is 20.8 Å². The van der Waals surface area contributed by atoms with E-state index in [0.717, 1.165) is 51.2 Å². The fraction of sp³-hybridized carbons (Fsp3) is 0.321. The van der Waals surface area contributed by atoms with Gasteiger partial charge in [-0.05, 0) is 74.6 Å². The molecule has 0 saturated carbocycles. The van der Waals surface area contributed by atoms with E-state index in [1.165, 1.54) is 0 Å². The van der Waals surface area contributed by atoms with Crippen LogP contribution in [0.3, 0.4) is 0 Å². The quantitative estimate of drug-likeness (QED) is 0.384. The van der Waals surface area contributed by atoms with Crippen molar-refractivity contribution >= 4 is 16.9 Å². The van der Waals surface area contributed by atoms with E-state index in [0.29, 0.717) is 30.9 Å². The third-order valence-electron chi connectivity index (χ3n) is 6.36. The molecule has 4 aromatic rings. The molecule has 0 atom stereocenters. The molecule has 0 aliphatic carbocycles. The normalized spacial score (nSPS) is 11.0. The second-order valence-electron chi connectivity index (χ2n) is 8.62. The number of aryl methyl sites for hydroxylation is 3. The van der Waals surface area contributed by atoms with Gasteiger partial charge in [0.05, 0.1) is 25.6 Å².